The van der Waals surface area contributed by atoms with Crippen LogP contribution in [-0.4, -0.2) is 67.5 Å². The van der Waals surface area contributed by atoms with E-state index in [-0.39, 0.29) is 30.7 Å². The van der Waals surface area contributed by atoms with E-state index < -0.39 is 42.4 Å². The number of hydrogen-bond acceptors (Lipinski definition) is 6. The molecule has 0 aromatic heterocycles. The lowest BCUT2D eigenvalue weighted by molar-refractivity contribution is -0.385. The first kappa shape index (κ1) is 23.8. The zero-order valence-corrected chi connectivity index (χ0v) is 20.3. The molecule has 0 radical (unpaired) electrons. The molecule has 5 atom stereocenters. The highest BCUT2D eigenvalue weighted by Crippen LogP contribution is 2.60. The molecular weight excluding hydrogens is 449 g/mol. The number of fused-ring (bicyclic) bond motifs is 2. The van der Waals surface area contributed by atoms with Crippen LogP contribution in [0.2, 0.25) is 18.6 Å². The maximum atomic E-state index is 15.7. The topological polar surface area (TPSA) is 113 Å². The highest BCUT2D eigenvalue weighted by atomic mass is 28.4. The number of halogens is 1. The Balaban J connectivity index is 1.75. The van der Waals surface area contributed by atoms with E-state index in [4.69, 9.17) is 4.74 Å². The minimum absolute atomic E-state index is 0.102. The van der Waals surface area contributed by atoms with E-state index in [9.17, 15) is 24.8 Å². The average molecular weight is 480 g/mol. The molecule has 4 rings (SSSR count). The van der Waals surface area contributed by atoms with Crippen LogP contribution in [0.15, 0.2) is 18.2 Å². The first-order valence-corrected chi connectivity index (χ1v) is 14.2. The number of likely N-dealkylation sites (tertiary alicyclic amines) is 1. The van der Waals surface area contributed by atoms with Crippen molar-refractivity contribution in [2.24, 2.45) is 5.92 Å². The maximum Gasteiger partial charge on any atom is 0.269 e. The van der Waals surface area contributed by atoms with Gasteiger partial charge in [-0.2, -0.15) is 0 Å². The third-order valence-corrected chi connectivity index (χ3v) is 10.0. The number of ether oxygens (including phenoxy) is 1. The summed E-state index contributed by atoms with van der Waals surface area (Å²) in [7, 11) is -1.86. The summed E-state index contributed by atoms with van der Waals surface area (Å²) < 4.78 is 22.0. The van der Waals surface area contributed by atoms with Gasteiger partial charge in [0.15, 0.2) is 5.60 Å². The fraction of sp³-hybridized carbons (Fsp3) is 0.636. The Morgan fingerprint density at radius 2 is 2.12 bits per heavy atom. The predicted molar refractivity (Wildman–Crippen MR) is 121 cm³/mol. The predicted octanol–water partition coefficient (Wildman–Crippen LogP) is 2.72. The SMILES string of the molecule is C[C@@H]1[C@@H]([Si](C)(C)F)[C@H](CC(=O)N2CCC[C@H]2CO)O[C@@]12C(=O)N(C)c1ccc([N+](=O)[O-])cc12. The number of anilines is 1. The fourth-order valence-electron chi connectivity index (χ4n) is 6.10. The van der Waals surface area contributed by atoms with Crippen molar-refractivity contribution in [1.29, 1.82) is 0 Å². The van der Waals surface area contributed by atoms with Crippen molar-refractivity contribution in [2.75, 3.05) is 25.1 Å². The van der Waals surface area contributed by atoms with Crippen LogP contribution in [0.5, 0.6) is 0 Å². The number of rotatable bonds is 5. The van der Waals surface area contributed by atoms with Gasteiger partial charge in [-0.25, -0.2) is 0 Å². The third kappa shape index (κ3) is 3.57. The van der Waals surface area contributed by atoms with E-state index in [0.29, 0.717) is 24.2 Å². The Labute approximate surface area is 192 Å². The summed E-state index contributed by atoms with van der Waals surface area (Å²) in [5.74, 6) is -1.26. The highest BCUT2D eigenvalue weighted by Gasteiger charge is 2.66. The van der Waals surface area contributed by atoms with Crippen LogP contribution in [0, 0.1) is 16.0 Å². The summed E-state index contributed by atoms with van der Waals surface area (Å²) in [6.45, 7) is 5.21. The molecule has 11 heteroatoms. The summed E-state index contributed by atoms with van der Waals surface area (Å²) in [5, 5.41) is 21.0. The minimum atomic E-state index is -3.43. The molecule has 2 amide bonds. The molecular formula is C22H30FN3O6Si. The molecule has 0 saturated carbocycles. The van der Waals surface area contributed by atoms with E-state index in [2.05, 4.69) is 0 Å². The molecule has 3 heterocycles. The van der Waals surface area contributed by atoms with Crippen molar-refractivity contribution in [1.82, 2.24) is 4.90 Å². The second-order valence-corrected chi connectivity index (χ2v) is 13.7. The van der Waals surface area contributed by atoms with Crippen LogP contribution >= 0.6 is 0 Å². The smallest absolute Gasteiger partial charge is 0.269 e. The lowest BCUT2D eigenvalue weighted by Crippen LogP contribution is -2.44. The van der Waals surface area contributed by atoms with Gasteiger partial charge in [0.05, 0.1) is 35.8 Å². The number of non-ortho nitro benzene ring substituents is 1. The Hall–Kier alpha value is -2.37. The highest BCUT2D eigenvalue weighted by molar-refractivity contribution is 6.72. The number of aliphatic hydroxyl groups excluding tert-OH is 1. The van der Waals surface area contributed by atoms with Crippen LogP contribution < -0.4 is 4.90 Å². The Morgan fingerprint density at radius 1 is 1.42 bits per heavy atom. The number of benzene rings is 1. The first-order chi connectivity index (χ1) is 15.4. The monoisotopic (exact) mass is 479 g/mol. The van der Waals surface area contributed by atoms with E-state index in [1.165, 1.54) is 36.2 Å². The molecule has 33 heavy (non-hydrogen) atoms. The van der Waals surface area contributed by atoms with Crippen molar-refractivity contribution in [3.05, 3.63) is 33.9 Å². The second-order valence-electron chi connectivity index (χ2n) is 9.86. The van der Waals surface area contributed by atoms with E-state index in [1.54, 1.807) is 18.9 Å². The molecule has 2 saturated heterocycles. The molecule has 3 aliphatic heterocycles. The summed E-state index contributed by atoms with van der Waals surface area (Å²) in [5.41, 5.74) is -1.59. The molecule has 1 N–H and O–H groups in total. The van der Waals surface area contributed by atoms with Crippen LogP contribution in [-0.2, 0) is 19.9 Å². The summed E-state index contributed by atoms with van der Waals surface area (Å²) in [4.78, 5) is 40.6. The van der Waals surface area contributed by atoms with Gasteiger partial charge in [0.25, 0.3) is 11.6 Å². The Morgan fingerprint density at radius 3 is 2.73 bits per heavy atom. The van der Waals surface area contributed by atoms with Crippen molar-refractivity contribution in [3.8, 4) is 0 Å². The molecule has 1 aromatic carbocycles. The standard InChI is InChI=1S/C22H30FN3O6Si/c1-13-20(33(3,4)23)18(11-19(28)25-9-5-6-15(25)12-27)32-22(13)16-10-14(26(30)31)7-8-17(16)24(2)21(22)29/h7-8,10,13,15,18,20,27H,5-6,9,11-12H2,1-4H3/t13-,15+,18+,20-,22+/m1/s1. The average Bonchev–Trinajstić information content (AvgIpc) is 3.39. The first-order valence-electron chi connectivity index (χ1n) is 11.3. The number of carbonyl (C=O) groups excluding carboxylic acids is 2. The van der Waals surface area contributed by atoms with Gasteiger partial charge in [-0.1, -0.05) is 6.92 Å². The molecule has 9 nitrogen and oxygen atoms in total. The number of nitrogens with zero attached hydrogens (tertiary/aromatic N) is 3. The number of carbonyl (C=O) groups is 2. The van der Waals surface area contributed by atoms with Gasteiger partial charge in [-0.05, 0) is 32.0 Å². The number of amides is 2. The van der Waals surface area contributed by atoms with Gasteiger partial charge >= 0.3 is 0 Å². The number of likely N-dealkylation sites (N-methyl/N-ethyl adjacent to an activating group) is 1. The van der Waals surface area contributed by atoms with Crippen molar-refractivity contribution in [2.45, 2.75) is 62.6 Å². The van der Waals surface area contributed by atoms with Crippen molar-refractivity contribution < 1.29 is 28.5 Å². The lowest BCUT2D eigenvalue weighted by atomic mass is 9.82. The van der Waals surface area contributed by atoms with Crippen LogP contribution in [0.4, 0.5) is 15.5 Å². The molecule has 3 aliphatic rings. The zero-order chi connectivity index (χ0) is 24.3. The Bertz CT molecular complexity index is 1000. The van der Waals surface area contributed by atoms with Crippen molar-refractivity contribution >= 4 is 31.6 Å². The second kappa shape index (κ2) is 8.14. The largest absolute Gasteiger partial charge is 0.394 e. The lowest BCUT2D eigenvalue weighted by Gasteiger charge is -2.31. The quantitative estimate of drug-likeness (QED) is 0.301. The molecule has 0 aliphatic carbocycles. The molecule has 1 aromatic rings. The molecule has 2 fully saturated rings. The number of nitro groups is 1. The number of aliphatic hydroxyl groups is 1. The van der Waals surface area contributed by atoms with Gasteiger partial charge in [0, 0.05) is 42.7 Å². The van der Waals surface area contributed by atoms with E-state index in [0.717, 1.165) is 6.42 Å². The van der Waals surface area contributed by atoms with Gasteiger partial charge < -0.3 is 23.8 Å². The Kier molecular flexibility index (Phi) is 5.86. The maximum absolute atomic E-state index is 15.7. The molecule has 0 unspecified atom stereocenters. The summed E-state index contributed by atoms with van der Waals surface area (Å²) in [6.07, 6.45) is 0.549. The van der Waals surface area contributed by atoms with Gasteiger partial charge in [-0.3, -0.25) is 19.7 Å². The van der Waals surface area contributed by atoms with Crippen molar-refractivity contribution in [3.63, 3.8) is 0 Å². The molecule has 180 valence electrons. The number of nitro benzene ring substituents is 1. The number of hydrogen-bond donors (Lipinski definition) is 1. The molecule has 0 bridgehead atoms. The van der Waals surface area contributed by atoms with E-state index >= 15 is 4.11 Å². The third-order valence-electron chi connectivity index (χ3n) is 7.57. The van der Waals surface area contributed by atoms with Gasteiger partial charge in [0.2, 0.25) is 14.3 Å². The van der Waals surface area contributed by atoms with Crippen LogP contribution in [0.25, 0.3) is 0 Å². The van der Waals surface area contributed by atoms with E-state index in [1.807, 2.05) is 0 Å². The van der Waals surface area contributed by atoms with Gasteiger partial charge in [0.1, 0.15) is 0 Å². The van der Waals surface area contributed by atoms with Crippen LogP contribution in [0.3, 0.4) is 0 Å². The zero-order valence-electron chi connectivity index (χ0n) is 19.3. The summed E-state index contributed by atoms with van der Waals surface area (Å²) >= 11 is 0. The normalized spacial score (nSPS) is 31.5. The van der Waals surface area contributed by atoms with Crippen LogP contribution in [0.1, 0.15) is 31.7 Å². The fourth-order valence-corrected chi connectivity index (χ4v) is 8.59. The molecule has 1 spiro atoms. The van der Waals surface area contributed by atoms with Gasteiger partial charge in [-0.15, -0.1) is 0 Å². The summed E-state index contributed by atoms with van der Waals surface area (Å²) in [6, 6.07) is 3.92. The minimum Gasteiger partial charge on any atom is -0.394 e.